The molecule has 0 aliphatic carbocycles. The van der Waals surface area contributed by atoms with Crippen molar-refractivity contribution in [3.8, 4) is 0 Å². The number of hydrogen-bond acceptors (Lipinski definition) is 3. The lowest BCUT2D eigenvalue weighted by molar-refractivity contribution is 0.0946. The fourth-order valence-electron chi connectivity index (χ4n) is 2.66. The Morgan fingerprint density at radius 2 is 2.29 bits per heavy atom. The highest BCUT2D eigenvalue weighted by Crippen LogP contribution is 2.28. The molecule has 0 amide bonds. The summed E-state index contributed by atoms with van der Waals surface area (Å²) >= 11 is 0. The Morgan fingerprint density at radius 1 is 1.47 bits per heavy atom. The summed E-state index contributed by atoms with van der Waals surface area (Å²) in [5, 5.41) is 3.54. The molecule has 1 aliphatic heterocycles. The molecule has 96 valence electrons. The third-order valence-corrected chi connectivity index (χ3v) is 3.43. The van der Waals surface area contributed by atoms with Crippen molar-refractivity contribution in [2.24, 2.45) is 0 Å². The van der Waals surface area contributed by atoms with Gasteiger partial charge in [0.05, 0.1) is 6.10 Å². The second-order valence-corrected chi connectivity index (χ2v) is 4.85. The van der Waals surface area contributed by atoms with Crippen molar-refractivity contribution in [3.05, 3.63) is 23.2 Å². The first-order valence-corrected chi connectivity index (χ1v) is 6.62. The normalized spacial score (nSPS) is 21.9. The zero-order valence-electron chi connectivity index (χ0n) is 11.1. The lowest BCUT2D eigenvalue weighted by Gasteiger charge is -2.20. The zero-order chi connectivity index (χ0) is 12.3. The summed E-state index contributed by atoms with van der Waals surface area (Å²) < 4.78 is 11.4. The number of hydrogen-bond donors (Lipinski definition) is 1. The van der Waals surface area contributed by atoms with Gasteiger partial charge in [-0.25, -0.2) is 0 Å². The molecule has 0 bridgehead atoms. The van der Waals surface area contributed by atoms with Crippen LogP contribution in [0.25, 0.3) is 0 Å². The van der Waals surface area contributed by atoms with Gasteiger partial charge in [-0.2, -0.15) is 0 Å². The second-order valence-electron chi connectivity index (χ2n) is 4.85. The summed E-state index contributed by atoms with van der Waals surface area (Å²) in [6.07, 6.45) is 3.85. The number of furan rings is 1. The molecule has 2 rings (SSSR count). The van der Waals surface area contributed by atoms with E-state index in [9.17, 15) is 0 Å². The van der Waals surface area contributed by atoms with Crippen molar-refractivity contribution in [1.82, 2.24) is 5.32 Å². The minimum atomic E-state index is 0.362. The van der Waals surface area contributed by atoms with Crippen LogP contribution in [0.15, 0.2) is 10.5 Å². The molecular weight excluding hydrogens is 214 g/mol. The van der Waals surface area contributed by atoms with Gasteiger partial charge in [-0.3, -0.25) is 0 Å². The van der Waals surface area contributed by atoms with E-state index < -0.39 is 0 Å². The SMILES string of the molecule is CCNC(CC1CCCO1)c1cc(C)oc1C. The van der Waals surface area contributed by atoms with Crippen LogP contribution in [0.5, 0.6) is 0 Å². The lowest BCUT2D eigenvalue weighted by atomic mass is 9.99. The first-order chi connectivity index (χ1) is 8.20. The van der Waals surface area contributed by atoms with Crippen LogP contribution >= 0.6 is 0 Å². The maximum atomic E-state index is 5.73. The molecule has 0 saturated carbocycles. The van der Waals surface area contributed by atoms with Crippen LogP contribution < -0.4 is 5.32 Å². The third kappa shape index (κ3) is 3.11. The van der Waals surface area contributed by atoms with Gasteiger partial charge in [0.1, 0.15) is 11.5 Å². The summed E-state index contributed by atoms with van der Waals surface area (Å²) in [7, 11) is 0. The molecule has 1 aromatic rings. The van der Waals surface area contributed by atoms with E-state index in [4.69, 9.17) is 9.15 Å². The van der Waals surface area contributed by atoms with E-state index >= 15 is 0 Å². The number of nitrogens with one attached hydrogen (secondary N) is 1. The molecule has 0 aromatic carbocycles. The third-order valence-electron chi connectivity index (χ3n) is 3.43. The monoisotopic (exact) mass is 237 g/mol. The van der Waals surface area contributed by atoms with Gasteiger partial charge in [0.2, 0.25) is 0 Å². The average Bonchev–Trinajstić information content (AvgIpc) is 2.88. The van der Waals surface area contributed by atoms with Crippen LogP contribution in [0, 0.1) is 13.8 Å². The number of ether oxygens (including phenoxy) is 1. The Morgan fingerprint density at radius 3 is 2.82 bits per heavy atom. The summed E-state index contributed by atoms with van der Waals surface area (Å²) in [5.41, 5.74) is 1.29. The standard InChI is InChI=1S/C14H23NO2/c1-4-15-14(9-12-6-5-7-16-12)13-8-10(2)17-11(13)3/h8,12,14-15H,4-7,9H2,1-3H3. The summed E-state index contributed by atoms with van der Waals surface area (Å²) in [6, 6.07) is 2.51. The van der Waals surface area contributed by atoms with Gasteiger partial charge in [0.15, 0.2) is 0 Å². The maximum Gasteiger partial charge on any atom is 0.105 e. The highest BCUT2D eigenvalue weighted by molar-refractivity contribution is 5.24. The van der Waals surface area contributed by atoms with E-state index in [0.717, 1.165) is 31.1 Å². The molecule has 3 heteroatoms. The predicted octanol–water partition coefficient (Wildman–Crippen LogP) is 3.12. The summed E-state index contributed by atoms with van der Waals surface area (Å²) in [5.74, 6) is 2.03. The molecule has 2 heterocycles. The molecule has 1 aliphatic rings. The van der Waals surface area contributed by atoms with E-state index in [-0.39, 0.29) is 0 Å². The van der Waals surface area contributed by atoms with Crippen molar-refractivity contribution in [3.63, 3.8) is 0 Å². The smallest absolute Gasteiger partial charge is 0.105 e. The van der Waals surface area contributed by atoms with Crippen molar-refractivity contribution in [2.45, 2.75) is 52.2 Å². The molecule has 0 spiro atoms. The maximum absolute atomic E-state index is 5.73. The van der Waals surface area contributed by atoms with Gasteiger partial charge in [-0.1, -0.05) is 6.92 Å². The van der Waals surface area contributed by atoms with Gasteiger partial charge in [-0.15, -0.1) is 0 Å². The first-order valence-electron chi connectivity index (χ1n) is 6.62. The molecule has 2 unspecified atom stereocenters. The Labute approximate surface area is 104 Å². The quantitative estimate of drug-likeness (QED) is 0.854. The van der Waals surface area contributed by atoms with Gasteiger partial charge in [0, 0.05) is 18.2 Å². The van der Waals surface area contributed by atoms with E-state index in [1.54, 1.807) is 0 Å². The van der Waals surface area contributed by atoms with Crippen molar-refractivity contribution < 1.29 is 9.15 Å². The Kier molecular flexibility index (Phi) is 4.24. The topological polar surface area (TPSA) is 34.4 Å². The molecule has 3 nitrogen and oxygen atoms in total. The van der Waals surface area contributed by atoms with E-state index in [2.05, 4.69) is 18.3 Å². The fourth-order valence-corrected chi connectivity index (χ4v) is 2.66. The Bertz CT molecular complexity index is 353. The number of aryl methyl sites for hydroxylation is 2. The van der Waals surface area contributed by atoms with Crippen molar-refractivity contribution >= 4 is 0 Å². The van der Waals surface area contributed by atoms with E-state index in [1.807, 2.05) is 13.8 Å². The second kappa shape index (κ2) is 5.69. The highest BCUT2D eigenvalue weighted by Gasteiger charge is 2.23. The van der Waals surface area contributed by atoms with Crippen LogP contribution in [0.1, 0.15) is 49.3 Å². The van der Waals surface area contributed by atoms with Crippen LogP contribution in [0.3, 0.4) is 0 Å². The summed E-state index contributed by atoms with van der Waals surface area (Å²) in [6.45, 7) is 8.09. The van der Waals surface area contributed by atoms with Crippen LogP contribution in [0.4, 0.5) is 0 Å². The molecular formula is C14H23NO2. The van der Waals surface area contributed by atoms with Gasteiger partial charge in [-0.05, 0) is 45.7 Å². The average molecular weight is 237 g/mol. The van der Waals surface area contributed by atoms with E-state index in [1.165, 1.54) is 18.4 Å². The summed E-state index contributed by atoms with van der Waals surface area (Å²) in [4.78, 5) is 0. The molecule has 17 heavy (non-hydrogen) atoms. The van der Waals surface area contributed by atoms with E-state index in [0.29, 0.717) is 12.1 Å². The van der Waals surface area contributed by atoms with Crippen LogP contribution in [-0.4, -0.2) is 19.3 Å². The number of rotatable bonds is 5. The van der Waals surface area contributed by atoms with Crippen LogP contribution in [-0.2, 0) is 4.74 Å². The molecule has 2 atom stereocenters. The van der Waals surface area contributed by atoms with Gasteiger partial charge >= 0.3 is 0 Å². The minimum absolute atomic E-state index is 0.362. The molecule has 0 radical (unpaired) electrons. The fraction of sp³-hybridized carbons (Fsp3) is 0.714. The van der Waals surface area contributed by atoms with Crippen LogP contribution in [0.2, 0.25) is 0 Å². The van der Waals surface area contributed by atoms with Crippen molar-refractivity contribution in [1.29, 1.82) is 0 Å². The largest absolute Gasteiger partial charge is 0.466 e. The molecule has 1 fully saturated rings. The zero-order valence-corrected chi connectivity index (χ0v) is 11.1. The first kappa shape index (κ1) is 12.7. The van der Waals surface area contributed by atoms with Gasteiger partial charge < -0.3 is 14.5 Å². The Balaban J connectivity index is 2.07. The molecule has 1 aromatic heterocycles. The minimum Gasteiger partial charge on any atom is -0.466 e. The lowest BCUT2D eigenvalue weighted by Crippen LogP contribution is -2.25. The van der Waals surface area contributed by atoms with Gasteiger partial charge in [0.25, 0.3) is 0 Å². The molecule has 1 N–H and O–H groups in total. The Hall–Kier alpha value is -0.800. The molecule has 1 saturated heterocycles. The highest BCUT2D eigenvalue weighted by atomic mass is 16.5. The predicted molar refractivity (Wildman–Crippen MR) is 68.2 cm³/mol. The van der Waals surface area contributed by atoms with Crippen molar-refractivity contribution in [2.75, 3.05) is 13.2 Å².